The van der Waals surface area contributed by atoms with Crippen molar-refractivity contribution >= 4 is 0 Å². The molecule has 16 heavy (non-hydrogen) atoms. The molecule has 1 aromatic carbocycles. The summed E-state index contributed by atoms with van der Waals surface area (Å²) in [5.74, 6) is 0.504. The molecule has 0 amide bonds. The van der Waals surface area contributed by atoms with Crippen LogP contribution in [0.4, 0.5) is 4.39 Å². The number of hydrogen-bond donors (Lipinski definition) is 0. The molecule has 0 saturated carbocycles. The fourth-order valence-electron chi connectivity index (χ4n) is 1.03. The molecule has 0 N–H and O–H groups in total. The number of nitrogens with zero attached hydrogens (tertiary/aromatic N) is 2. The minimum absolute atomic E-state index is 0.312. The van der Waals surface area contributed by atoms with Crippen molar-refractivity contribution in [3.63, 3.8) is 0 Å². The number of aryl methyl sites for hydroxylation is 1. The van der Waals surface area contributed by atoms with E-state index in [9.17, 15) is 4.39 Å². The van der Waals surface area contributed by atoms with Gasteiger partial charge in [-0.3, -0.25) is 0 Å². The molecule has 0 aliphatic rings. The standard InChI is InChI=1S/C9H7FN2O.C3H8/c1-6-11-12-9(13-6)7-3-2-4-8(10)5-7;1-3-2/h2-5H,1H3;3H2,1-2H3. The molecule has 0 unspecified atom stereocenters. The fourth-order valence-corrected chi connectivity index (χ4v) is 1.03. The van der Waals surface area contributed by atoms with E-state index in [4.69, 9.17) is 4.42 Å². The lowest BCUT2D eigenvalue weighted by molar-refractivity contribution is 0.532. The zero-order chi connectivity index (χ0) is 12.0. The van der Waals surface area contributed by atoms with E-state index in [0.717, 1.165) is 0 Å². The van der Waals surface area contributed by atoms with E-state index in [1.165, 1.54) is 18.6 Å². The van der Waals surface area contributed by atoms with Crippen LogP contribution in [0.3, 0.4) is 0 Å². The van der Waals surface area contributed by atoms with Gasteiger partial charge in [0.25, 0.3) is 0 Å². The lowest BCUT2D eigenvalue weighted by Gasteiger charge is -1.92. The lowest BCUT2D eigenvalue weighted by Crippen LogP contribution is -1.79. The number of aromatic nitrogens is 2. The molecular formula is C12H15FN2O. The number of rotatable bonds is 1. The third kappa shape index (κ3) is 3.46. The van der Waals surface area contributed by atoms with Crippen LogP contribution in [-0.2, 0) is 0 Å². The maximum Gasteiger partial charge on any atom is 0.247 e. The average Bonchev–Trinajstić information content (AvgIpc) is 2.66. The van der Waals surface area contributed by atoms with Crippen LogP contribution in [0.2, 0.25) is 0 Å². The van der Waals surface area contributed by atoms with Gasteiger partial charge in [0, 0.05) is 12.5 Å². The van der Waals surface area contributed by atoms with Gasteiger partial charge in [-0.2, -0.15) is 0 Å². The van der Waals surface area contributed by atoms with Crippen LogP contribution in [0.1, 0.15) is 26.2 Å². The van der Waals surface area contributed by atoms with E-state index in [1.54, 1.807) is 19.1 Å². The highest BCUT2D eigenvalue weighted by Crippen LogP contribution is 2.17. The number of hydrogen-bond acceptors (Lipinski definition) is 3. The summed E-state index contributed by atoms with van der Waals surface area (Å²) >= 11 is 0. The largest absolute Gasteiger partial charge is 0.421 e. The first kappa shape index (κ1) is 12.4. The molecule has 86 valence electrons. The van der Waals surface area contributed by atoms with Crippen LogP contribution in [-0.4, -0.2) is 10.2 Å². The zero-order valence-corrected chi connectivity index (χ0v) is 9.70. The SMILES string of the molecule is CCC.Cc1nnc(-c2cccc(F)c2)o1. The Labute approximate surface area is 94.3 Å². The summed E-state index contributed by atoms with van der Waals surface area (Å²) in [5, 5.41) is 7.43. The second kappa shape index (κ2) is 6.00. The second-order valence-corrected chi connectivity index (χ2v) is 3.34. The third-order valence-electron chi connectivity index (χ3n) is 1.60. The van der Waals surface area contributed by atoms with Gasteiger partial charge in [0.15, 0.2) is 0 Å². The van der Waals surface area contributed by atoms with Gasteiger partial charge < -0.3 is 4.42 Å². The molecule has 0 saturated heterocycles. The van der Waals surface area contributed by atoms with Crippen molar-refractivity contribution in [2.24, 2.45) is 0 Å². The Bertz CT molecular complexity index is 440. The van der Waals surface area contributed by atoms with Crippen LogP contribution in [0.15, 0.2) is 28.7 Å². The van der Waals surface area contributed by atoms with Crippen molar-refractivity contribution in [1.82, 2.24) is 10.2 Å². The Morgan fingerprint density at radius 1 is 1.25 bits per heavy atom. The van der Waals surface area contributed by atoms with Crippen LogP contribution in [0.25, 0.3) is 11.5 Å². The van der Waals surface area contributed by atoms with Crippen LogP contribution < -0.4 is 0 Å². The minimum Gasteiger partial charge on any atom is -0.421 e. The highest BCUT2D eigenvalue weighted by molar-refractivity contribution is 5.52. The maximum atomic E-state index is 12.8. The molecule has 2 rings (SSSR count). The summed E-state index contributed by atoms with van der Waals surface area (Å²) in [6.07, 6.45) is 1.25. The van der Waals surface area contributed by atoms with Gasteiger partial charge in [-0.25, -0.2) is 4.39 Å². The summed E-state index contributed by atoms with van der Waals surface area (Å²) in [4.78, 5) is 0. The molecule has 0 bridgehead atoms. The molecule has 0 spiro atoms. The van der Waals surface area contributed by atoms with Crippen LogP contribution in [0.5, 0.6) is 0 Å². The van der Waals surface area contributed by atoms with Gasteiger partial charge in [0.2, 0.25) is 11.8 Å². The normalized spacial score (nSPS) is 9.50. The summed E-state index contributed by atoms with van der Waals surface area (Å²) in [6.45, 7) is 5.94. The average molecular weight is 222 g/mol. The Hall–Kier alpha value is -1.71. The fraction of sp³-hybridized carbons (Fsp3) is 0.333. The Morgan fingerprint density at radius 2 is 1.94 bits per heavy atom. The van der Waals surface area contributed by atoms with Gasteiger partial charge in [0.1, 0.15) is 5.82 Å². The molecule has 0 fully saturated rings. The molecule has 0 aliphatic heterocycles. The monoisotopic (exact) mass is 222 g/mol. The van der Waals surface area contributed by atoms with Crippen molar-refractivity contribution in [3.05, 3.63) is 36.0 Å². The van der Waals surface area contributed by atoms with E-state index in [2.05, 4.69) is 24.0 Å². The first-order valence-electron chi connectivity index (χ1n) is 5.23. The highest BCUT2D eigenvalue weighted by atomic mass is 19.1. The number of halogens is 1. The zero-order valence-electron chi connectivity index (χ0n) is 9.70. The third-order valence-corrected chi connectivity index (χ3v) is 1.60. The van der Waals surface area contributed by atoms with Gasteiger partial charge in [-0.05, 0) is 18.2 Å². The minimum atomic E-state index is -0.312. The number of benzene rings is 1. The van der Waals surface area contributed by atoms with Gasteiger partial charge in [0.05, 0.1) is 0 Å². The molecule has 2 aromatic rings. The highest BCUT2D eigenvalue weighted by Gasteiger charge is 2.05. The van der Waals surface area contributed by atoms with E-state index < -0.39 is 0 Å². The summed E-state index contributed by atoms with van der Waals surface area (Å²) in [6, 6.07) is 6.04. The van der Waals surface area contributed by atoms with Gasteiger partial charge in [-0.15, -0.1) is 10.2 Å². The predicted molar refractivity (Wildman–Crippen MR) is 60.4 cm³/mol. The van der Waals surface area contributed by atoms with Gasteiger partial charge in [-0.1, -0.05) is 26.3 Å². The molecule has 0 radical (unpaired) electrons. The van der Waals surface area contributed by atoms with Crippen molar-refractivity contribution in [1.29, 1.82) is 0 Å². The smallest absolute Gasteiger partial charge is 0.247 e. The van der Waals surface area contributed by atoms with E-state index in [1.807, 2.05) is 0 Å². The maximum absolute atomic E-state index is 12.8. The molecule has 3 nitrogen and oxygen atoms in total. The van der Waals surface area contributed by atoms with E-state index in [0.29, 0.717) is 17.3 Å². The molecule has 0 atom stereocenters. The van der Waals surface area contributed by atoms with Gasteiger partial charge >= 0.3 is 0 Å². The summed E-state index contributed by atoms with van der Waals surface area (Å²) in [7, 11) is 0. The van der Waals surface area contributed by atoms with Crippen LogP contribution >= 0.6 is 0 Å². The predicted octanol–water partition coefficient (Wildman–Crippen LogP) is 3.60. The quantitative estimate of drug-likeness (QED) is 0.740. The molecule has 1 heterocycles. The van der Waals surface area contributed by atoms with E-state index in [-0.39, 0.29) is 5.82 Å². The summed E-state index contributed by atoms with van der Waals surface area (Å²) < 4.78 is 17.9. The first-order chi connectivity index (χ1) is 7.67. The van der Waals surface area contributed by atoms with Crippen molar-refractivity contribution in [2.75, 3.05) is 0 Å². The van der Waals surface area contributed by atoms with Crippen LogP contribution in [0, 0.1) is 12.7 Å². The molecular weight excluding hydrogens is 207 g/mol. The lowest BCUT2D eigenvalue weighted by atomic mass is 10.2. The van der Waals surface area contributed by atoms with Crippen molar-refractivity contribution < 1.29 is 8.81 Å². The second-order valence-electron chi connectivity index (χ2n) is 3.34. The van der Waals surface area contributed by atoms with Crippen molar-refractivity contribution in [2.45, 2.75) is 27.2 Å². The first-order valence-corrected chi connectivity index (χ1v) is 5.23. The molecule has 4 heteroatoms. The Balaban J connectivity index is 0.000000386. The molecule has 1 aromatic heterocycles. The Morgan fingerprint density at radius 3 is 2.44 bits per heavy atom. The van der Waals surface area contributed by atoms with E-state index >= 15 is 0 Å². The topological polar surface area (TPSA) is 38.9 Å². The van der Waals surface area contributed by atoms with Crippen molar-refractivity contribution in [3.8, 4) is 11.5 Å². The summed E-state index contributed by atoms with van der Waals surface area (Å²) in [5.41, 5.74) is 0.598. The Kier molecular flexibility index (Phi) is 4.64. The molecule has 0 aliphatic carbocycles.